The number of piperidine rings is 1. The first-order chi connectivity index (χ1) is 11.6. The van der Waals surface area contributed by atoms with E-state index in [1.807, 2.05) is 30.3 Å². The average molecular weight is 330 g/mol. The molecule has 130 valence electrons. The number of hydrogen-bond donors (Lipinski definition) is 0. The summed E-state index contributed by atoms with van der Waals surface area (Å²) in [7, 11) is 2.13. The number of imide groups is 1. The number of carbonyl (C=O) groups is 2. The largest absolute Gasteiger partial charge is 0.447 e. The fourth-order valence-corrected chi connectivity index (χ4v) is 3.60. The summed E-state index contributed by atoms with van der Waals surface area (Å²) in [6.45, 7) is 2.50. The van der Waals surface area contributed by atoms with E-state index in [2.05, 4.69) is 11.9 Å². The van der Waals surface area contributed by atoms with Crippen molar-refractivity contribution >= 4 is 12.0 Å². The molecule has 0 aromatic heterocycles. The molecule has 2 aliphatic heterocycles. The molecular weight excluding hydrogens is 304 g/mol. The second-order valence-corrected chi connectivity index (χ2v) is 6.97. The first-order valence-corrected chi connectivity index (χ1v) is 8.85. The molecule has 2 fully saturated rings. The normalized spacial score (nSPS) is 22.6. The van der Waals surface area contributed by atoms with E-state index >= 15 is 0 Å². The summed E-state index contributed by atoms with van der Waals surface area (Å²) in [4.78, 5) is 28.2. The highest BCUT2D eigenvalue weighted by Crippen LogP contribution is 2.24. The van der Waals surface area contributed by atoms with Gasteiger partial charge in [-0.15, -0.1) is 0 Å². The van der Waals surface area contributed by atoms with Gasteiger partial charge in [-0.25, -0.2) is 9.69 Å². The Hall–Kier alpha value is -1.88. The van der Waals surface area contributed by atoms with Crippen molar-refractivity contribution in [3.8, 4) is 0 Å². The van der Waals surface area contributed by atoms with Gasteiger partial charge in [0.25, 0.3) is 0 Å². The number of rotatable bonds is 5. The Balaban J connectivity index is 1.54. The van der Waals surface area contributed by atoms with Crippen molar-refractivity contribution in [2.75, 3.05) is 26.7 Å². The molecular formula is C19H26N2O3. The minimum absolute atomic E-state index is 0.0858. The number of ether oxygens (including phenoxy) is 1. The third kappa shape index (κ3) is 4.15. The monoisotopic (exact) mass is 330 g/mol. The van der Waals surface area contributed by atoms with Crippen LogP contribution in [0.15, 0.2) is 30.3 Å². The lowest BCUT2D eigenvalue weighted by Crippen LogP contribution is -2.40. The van der Waals surface area contributed by atoms with Gasteiger partial charge in [-0.1, -0.05) is 30.3 Å². The fourth-order valence-electron chi connectivity index (χ4n) is 3.60. The van der Waals surface area contributed by atoms with Crippen molar-refractivity contribution in [2.45, 2.75) is 38.1 Å². The second kappa shape index (κ2) is 7.79. The highest BCUT2D eigenvalue weighted by molar-refractivity contribution is 5.93. The molecule has 5 heteroatoms. The Morgan fingerprint density at radius 1 is 1.21 bits per heavy atom. The lowest BCUT2D eigenvalue weighted by molar-refractivity contribution is -0.129. The van der Waals surface area contributed by atoms with Gasteiger partial charge in [0.1, 0.15) is 6.61 Å². The zero-order valence-corrected chi connectivity index (χ0v) is 14.3. The Morgan fingerprint density at radius 2 is 1.92 bits per heavy atom. The summed E-state index contributed by atoms with van der Waals surface area (Å²) in [5.74, 6) is 0.508. The number of nitrogens with zero attached hydrogens (tertiary/aromatic N) is 2. The number of hydrogen-bond acceptors (Lipinski definition) is 4. The molecule has 5 nitrogen and oxygen atoms in total. The van der Waals surface area contributed by atoms with Crippen LogP contribution in [0, 0.1) is 5.92 Å². The van der Waals surface area contributed by atoms with Crippen molar-refractivity contribution in [3.63, 3.8) is 0 Å². The maximum atomic E-state index is 12.6. The predicted octanol–water partition coefficient (Wildman–Crippen LogP) is 2.70. The van der Waals surface area contributed by atoms with Gasteiger partial charge in [-0.2, -0.15) is 0 Å². The van der Waals surface area contributed by atoms with Crippen LogP contribution in [0.3, 0.4) is 0 Å². The van der Waals surface area contributed by atoms with Crippen molar-refractivity contribution in [2.24, 2.45) is 5.92 Å². The molecule has 2 amide bonds. The van der Waals surface area contributed by atoms with E-state index in [1.165, 1.54) is 4.90 Å². The van der Waals surface area contributed by atoms with Crippen molar-refractivity contribution in [1.82, 2.24) is 9.80 Å². The van der Waals surface area contributed by atoms with E-state index in [4.69, 9.17) is 4.74 Å². The van der Waals surface area contributed by atoms with Crippen molar-refractivity contribution < 1.29 is 14.3 Å². The molecule has 1 atom stereocenters. The quantitative estimate of drug-likeness (QED) is 0.833. The summed E-state index contributed by atoms with van der Waals surface area (Å²) < 4.78 is 5.14. The van der Waals surface area contributed by atoms with Crippen molar-refractivity contribution in [3.05, 3.63) is 35.9 Å². The SMILES string of the molecule is CN1CCC(CCC(=O)N2C(=O)OCC2Cc2ccccc2)CC1. The molecule has 0 radical (unpaired) electrons. The Kier molecular flexibility index (Phi) is 5.51. The van der Waals surface area contributed by atoms with E-state index in [0.717, 1.165) is 37.9 Å². The number of amides is 2. The van der Waals surface area contributed by atoms with Crippen molar-refractivity contribution in [1.29, 1.82) is 0 Å². The fraction of sp³-hybridized carbons (Fsp3) is 0.579. The predicted molar refractivity (Wildman–Crippen MR) is 91.6 cm³/mol. The Labute approximate surface area is 143 Å². The summed E-state index contributed by atoms with van der Waals surface area (Å²) >= 11 is 0. The third-order valence-corrected chi connectivity index (χ3v) is 5.15. The molecule has 1 aromatic rings. The molecule has 0 N–H and O–H groups in total. The lowest BCUT2D eigenvalue weighted by Gasteiger charge is -2.29. The summed E-state index contributed by atoms with van der Waals surface area (Å²) in [6.07, 6.45) is 3.77. The third-order valence-electron chi connectivity index (χ3n) is 5.15. The van der Waals surface area contributed by atoms with E-state index in [-0.39, 0.29) is 11.9 Å². The minimum atomic E-state index is -0.482. The topological polar surface area (TPSA) is 49.9 Å². The first-order valence-electron chi connectivity index (χ1n) is 8.85. The molecule has 0 saturated carbocycles. The number of benzene rings is 1. The van der Waals surface area contributed by atoms with Crippen LogP contribution in [0.25, 0.3) is 0 Å². The maximum absolute atomic E-state index is 12.6. The Morgan fingerprint density at radius 3 is 2.62 bits per heavy atom. The number of cyclic esters (lactones) is 1. The van der Waals surface area contributed by atoms with Gasteiger partial charge in [0, 0.05) is 6.42 Å². The van der Waals surface area contributed by atoms with E-state index in [1.54, 1.807) is 0 Å². The molecule has 0 spiro atoms. The molecule has 2 aliphatic rings. The number of likely N-dealkylation sites (tertiary alicyclic amines) is 1. The number of carbonyl (C=O) groups excluding carboxylic acids is 2. The summed E-state index contributed by atoms with van der Waals surface area (Å²) in [6, 6.07) is 9.77. The van der Waals surface area contributed by atoms with Crippen LogP contribution in [0.2, 0.25) is 0 Å². The second-order valence-electron chi connectivity index (χ2n) is 6.97. The van der Waals surface area contributed by atoms with Gasteiger partial charge in [0.05, 0.1) is 6.04 Å². The van der Waals surface area contributed by atoms with Crippen LogP contribution in [0.1, 0.15) is 31.2 Å². The average Bonchev–Trinajstić information content (AvgIpc) is 2.95. The van der Waals surface area contributed by atoms with Crippen LogP contribution in [-0.4, -0.2) is 54.6 Å². The molecule has 1 unspecified atom stereocenters. The smallest absolute Gasteiger partial charge is 0.416 e. The van der Waals surface area contributed by atoms with Gasteiger partial charge in [0.15, 0.2) is 0 Å². The lowest BCUT2D eigenvalue weighted by atomic mass is 9.92. The van der Waals surface area contributed by atoms with Gasteiger partial charge in [-0.05, 0) is 57.3 Å². The molecule has 0 bridgehead atoms. The van der Waals surface area contributed by atoms with Crippen LogP contribution in [0.5, 0.6) is 0 Å². The standard InChI is InChI=1S/C19H26N2O3/c1-20-11-9-15(10-12-20)7-8-18(22)21-17(14-24-19(21)23)13-16-5-3-2-4-6-16/h2-6,15,17H,7-14H2,1H3. The highest BCUT2D eigenvalue weighted by atomic mass is 16.6. The molecule has 2 saturated heterocycles. The summed E-state index contributed by atoms with van der Waals surface area (Å²) in [5, 5.41) is 0. The summed E-state index contributed by atoms with van der Waals surface area (Å²) in [5.41, 5.74) is 1.12. The highest BCUT2D eigenvalue weighted by Gasteiger charge is 2.37. The van der Waals surface area contributed by atoms with Gasteiger partial charge >= 0.3 is 6.09 Å². The van der Waals surface area contributed by atoms with E-state index in [9.17, 15) is 9.59 Å². The molecule has 3 rings (SSSR count). The van der Waals surface area contributed by atoms with Crippen LogP contribution in [0.4, 0.5) is 4.79 Å². The zero-order chi connectivity index (χ0) is 16.9. The van der Waals surface area contributed by atoms with E-state index in [0.29, 0.717) is 25.4 Å². The zero-order valence-electron chi connectivity index (χ0n) is 14.3. The van der Waals surface area contributed by atoms with Gasteiger partial charge in [-0.3, -0.25) is 4.79 Å². The molecule has 0 aliphatic carbocycles. The van der Waals surface area contributed by atoms with Crippen LogP contribution >= 0.6 is 0 Å². The molecule has 24 heavy (non-hydrogen) atoms. The van der Waals surface area contributed by atoms with E-state index < -0.39 is 6.09 Å². The maximum Gasteiger partial charge on any atom is 0.416 e. The minimum Gasteiger partial charge on any atom is -0.447 e. The van der Waals surface area contributed by atoms with Gasteiger partial charge in [0.2, 0.25) is 5.91 Å². The van der Waals surface area contributed by atoms with Crippen LogP contribution in [-0.2, 0) is 16.0 Å². The Bertz CT molecular complexity index is 567. The molecule has 1 aromatic carbocycles. The molecule has 2 heterocycles. The first kappa shape index (κ1) is 17.0. The van der Waals surface area contributed by atoms with Crippen LogP contribution < -0.4 is 0 Å². The van der Waals surface area contributed by atoms with Gasteiger partial charge < -0.3 is 9.64 Å².